The van der Waals surface area contributed by atoms with E-state index < -0.39 is 11.9 Å². The van der Waals surface area contributed by atoms with E-state index in [-0.39, 0.29) is 24.5 Å². The summed E-state index contributed by atoms with van der Waals surface area (Å²) in [6, 6.07) is 12.5. The zero-order chi connectivity index (χ0) is 32.2. The van der Waals surface area contributed by atoms with Gasteiger partial charge in [-0.1, -0.05) is 0 Å². The number of carboxylic acids is 1. The minimum absolute atomic E-state index is 0.0384. The third-order valence-corrected chi connectivity index (χ3v) is 8.67. The quantitative estimate of drug-likeness (QED) is 0.111. The number of Topliss-reactive ketones (excluding diaryl/α,β-unsaturated/α-hetero) is 1. The Bertz CT molecular complexity index is 1940. The standard InChI is InChI=1S/C32H34N6O6S/c1-4-38-24(13-18(2)36-38)31(43)35-32-34-22-14-20(30(33)42)8-9-23(22)37(32)12-6-5-7-19-16-27-21(15-26(19)44-3)17-28(45-27)25(39)10-11-29(40)41/h8-9,13-17H,4-7,10-12H2,1-3H3,(H2,33,42)(H,40,41)(H,34,35,43). The maximum atomic E-state index is 13.3. The number of hydrogen-bond donors (Lipinski definition) is 3. The number of aromatic nitrogens is 4. The first-order chi connectivity index (χ1) is 21.6. The van der Waals surface area contributed by atoms with Crippen molar-refractivity contribution in [3.8, 4) is 5.75 Å². The van der Waals surface area contributed by atoms with E-state index in [0.717, 1.165) is 39.7 Å². The van der Waals surface area contributed by atoms with Gasteiger partial charge in [0.25, 0.3) is 5.91 Å². The number of thiophene rings is 1. The van der Waals surface area contributed by atoms with Gasteiger partial charge in [0.05, 0.1) is 35.1 Å². The van der Waals surface area contributed by atoms with E-state index in [1.807, 2.05) is 30.5 Å². The average Bonchev–Trinajstić information content (AvgIpc) is 3.71. The number of aryl methyl sites for hydroxylation is 4. The first-order valence-corrected chi connectivity index (χ1v) is 15.4. The van der Waals surface area contributed by atoms with E-state index in [2.05, 4.69) is 15.4 Å². The predicted octanol–water partition coefficient (Wildman–Crippen LogP) is 5.21. The van der Waals surface area contributed by atoms with Crippen LogP contribution in [-0.4, -0.2) is 55.1 Å². The van der Waals surface area contributed by atoms with Gasteiger partial charge in [0, 0.05) is 29.8 Å². The van der Waals surface area contributed by atoms with Crippen molar-refractivity contribution in [2.75, 3.05) is 12.4 Å². The summed E-state index contributed by atoms with van der Waals surface area (Å²) in [5.41, 5.74) is 9.27. The van der Waals surface area contributed by atoms with Gasteiger partial charge < -0.3 is 20.1 Å². The van der Waals surface area contributed by atoms with Gasteiger partial charge in [-0.25, -0.2) is 4.98 Å². The number of hydrogen-bond acceptors (Lipinski definition) is 8. The van der Waals surface area contributed by atoms with E-state index in [1.54, 1.807) is 42.1 Å². The largest absolute Gasteiger partial charge is 0.496 e. The molecule has 0 fully saturated rings. The molecule has 0 bridgehead atoms. The number of nitrogens with one attached hydrogen (secondary N) is 1. The Hall–Kier alpha value is -5.04. The first kappa shape index (κ1) is 31.4. The lowest BCUT2D eigenvalue weighted by atomic mass is 10.0. The number of imidazole rings is 1. The number of anilines is 1. The van der Waals surface area contributed by atoms with Crippen LogP contribution in [0.15, 0.2) is 42.5 Å². The number of benzene rings is 2. The molecular formula is C32H34N6O6S. The topological polar surface area (TPSA) is 171 Å². The van der Waals surface area contributed by atoms with Gasteiger partial charge in [0.15, 0.2) is 5.78 Å². The number of aliphatic carboxylic acids is 1. The van der Waals surface area contributed by atoms with Gasteiger partial charge in [0.2, 0.25) is 11.9 Å². The van der Waals surface area contributed by atoms with Crippen LogP contribution in [-0.2, 0) is 24.3 Å². The molecule has 0 aliphatic rings. The number of nitrogens with two attached hydrogens (primary N) is 1. The predicted molar refractivity (Wildman–Crippen MR) is 171 cm³/mol. The molecular weight excluding hydrogens is 596 g/mol. The molecule has 0 aliphatic carbocycles. The summed E-state index contributed by atoms with van der Waals surface area (Å²) in [6.45, 7) is 4.82. The highest BCUT2D eigenvalue weighted by atomic mass is 32.1. The fraction of sp³-hybridized carbons (Fsp3) is 0.312. The summed E-state index contributed by atoms with van der Waals surface area (Å²) >= 11 is 1.35. The van der Waals surface area contributed by atoms with Crippen molar-refractivity contribution >= 4 is 62.0 Å². The average molecular weight is 631 g/mol. The smallest absolute Gasteiger partial charge is 0.303 e. The molecule has 2 aromatic carbocycles. The highest BCUT2D eigenvalue weighted by Crippen LogP contribution is 2.34. The second-order valence-corrected chi connectivity index (χ2v) is 11.8. The maximum absolute atomic E-state index is 13.3. The fourth-order valence-corrected chi connectivity index (χ4v) is 6.38. The number of carboxylic acid groups (broad SMARTS) is 1. The molecule has 13 heteroatoms. The minimum atomic E-state index is -0.999. The van der Waals surface area contributed by atoms with E-state index >= 15 is 0 Å². The number of amides is 2. The van der Waals surface area contributed by atoms with Gasteiger partial charge in [0.1, 0.15) is 11.4 Å². The molecule has 0 saturated heterocycles. The van der Waals surface area contributed by atoms with Crippen LogP contribution in [0.25, 0.3) is 21.1 Å². The molecule has 0 radical (unpaired) electrons. The Morgan fingerprint density at radius 3 is 2.58 bits per heavy atom. The Labute approximate surface area is 262 Å². The molecule has 5 rings (SSSR count). The third-order valence-electron chi connectivity index (χ3n) is 7.53. The number of nitrogens with zero attached hydrogens (tertiary/aromatic N) is 4. The molecule has 0 spiro atoms. The van der Waals surface area contributed by atoms with E-state index in [0.29, 0.717) is 52.9 Å². The van der Waals surface area contributed by atoms with Crippen LogP contribution in [0, 0.1) is 6.92 Å². The highest BCUT2D eigenvalue weighted by molar-refractivity contribution is 7.20. The number of carbonyl (C=O) groups excluding carboxylic acids is 3. The lowest BCUT2D eigenvalue weighted by Gasteiger charge is -2.12. The van der Waals surface area contributed by atoms with Gasteiger partial charge >= 0.3 is 5.97 Å². The van der Waals surface area contributed by atoms with E-state index in [1.165, 1.54) is 11.3 Å². The molecule has 45 heavy (non-hydrogen) atoms. The molecule has 5 aromatic rings. The first-order valence-electron chi connectivity index (χ1n) is 14.6. The Kier molecular flexibility index (Phi) is 9.28. The van der Waals surface area contributed by atoms with Crippen molar-refractivity contribution in [1.82, 2.24) is 19.3 Å². The summed E-state index contributed by atoms with van der Waals surface area (Å²) in [7, 11) is 1.61. The van der Waals surface area contributed by atoms with Gasteiger partial charge in [-0.15, -0.1) is 11.3 Å². The molecule has 0 aliphatic heterocycles. The van der Waals surface area contributed by atoms with Crippen LogP contribution in [0.4, 0.5) is 5.95 Å². The summed E-state index contributed by atoms with van der Waals surface area (Å²) < 4.78 is 10.1. The summed E-state index contributed by atoms with van der Waals surface area (Å²) in [5.74, 6) is -1.01. The molecule has 3 aromatic heterocycles. The normalized spacial score (nSPS) is 11.3. The number of primary amides is 1. The number of methoxy groups -OCH3 is 1. The summed E-state index contributed by atoms with van der Waals surface area (Å²) in [4.78, 5) is 53.6. The van der Waals surface area contributed by atoms with Crippen molar-refractivity contribution in [3.63, 3.8) is 0 Å². The third kappa shape index (κ3) is 6.88. The maximum Gasteiger partial charge on any atom is 0.303 e. The number of unbranched alkanes of at least 4 members (excludes halogenated alkanes) is 1. The number of ether oxygens (including phenoxy) is 1. The highest BCUT2D eigenvalue weighted by Gasteiger charge is 2.19. The lowest BCUT2D eigenvalue weighted by molar-refractivity contribution is -0.136. The van der Waals surface area contributed by atoms with Crippen molar-refractivity contribution in [2.45, 2.75) is 59.0 Å². The zero-order valence-corrected chi connectivity index (χ0v) is 26.1. The Morgan fingerprint density at radius 2 is 1.87 bits per heavy atom. The zero-order valence-electron chi connectivity index (χ0n) is 25.3. The molecule has 234 valence electrons. The molecule has 0 unspecified atom stereocenters. The van der Waals surface area contributed by atoms with Crippen molar-refractivity contribution in [2.24, 2.45) is 5.73 Å². The van der Waals surface area contributed by atoms with E-state index in [4.69, 9.17) is 15.6 Å². The second-order valence-electron chi connectivity index (χ2n) is 10.7. The SMILES string of the molecule is CCn1nc(C)cc1C(=O)Nc1nc2cc(C(N)=O)ccc2n1CCCCc1cc2sc(C(=O)CCC(=O)O)cc2cc1OC. The molecule has 12 nitrogen and oxygen atoms in total. The summed E-state index contributed by atoms with van der Waals surface area (Å²) in [5, 5.41) is 17.1. The molecule has 0 atom stereocenters. The Balaban J connectivity index is 1.34. The monoisotopic (exact) mass is 630 g/mol. The van der Waals surface area contributed by atoms with Crippen molar-refractivity contribution < 1.29 is 29.0 Å². The lowest BCUT2D eigenvalue weighted by Crippen LogP contribution is -2.20. The van der Waals surface area contributed by atoms with Gasteiger partial charge in [-0.2, -0.15) is 5.10 Å². The molecule has 2 amide bonds. The Morgan fingerprint density at radius 1 is 1.07 bits per heavy atom. The van der Waals surface area contributed by atoms with Crippen LogP contribution >= 0.6 is 11.3 Å². The van der Waals surface area contributed by atoms with Gasteiger partial charge in [-0.05, 0) is 86.5 Å². The van der Waals surface area contributed by atoms with Crippen LogP contribution in [0.3, 0.4) is 0 Å². The van der Waals surface area contributed by atoms with Gasteiger partial charge in [-0.3, -0.25) is 29.2 Å². The second kappa shape index (κ2) is 13.3. The van der Waals surface area contributed by atoms with Crippen LogP contribution < -0.4 is 15.8 Å². The van der Waals surface area contributed by atoms with Crippen LogP contribution in [0.5, 0.6) is 5.75 Å². The molecule has 4 N–H and O–H groups in total. The minimum Gasteiger partial charge on any atom is -0.496 e. The fourth-order valence-electron chi connectivity index (χ4n) is 5.30. The van der Waals surface area contributed by atoms with Crippen LogP contribution in [0.2, 0.25) is 0 Å². The number of rotatable bonds is 14. The van der Waals surface area contributed by atoms with Crippen molar-refractivity contribution in [3.05, 3.63) is 69.9 Å². The molecule has 0 saturated carbocycles. The molecule has 3 heterocycles. The van der Waals surface area contributed by atoms with E-state index in [9.17, 15) is 19.2 Å². The number of carbonyl (C=O) groups is 4. The van der Waals surface area contributed by atoms with Crippen molar-refractivity contribution in [1.29, 1.82) is 0 Å². The van der Waals surface area contributed by atoms with Crippen LogP contribution in [0.1, 0.15) is 74.4 Å². The summed E-state index contributed by atoms with van der Waals surface area (Å²) in [6.07, 6.45) is 1.99. The number of ketones is 1. The number of fused-ring (bicyclic) bond motifs is 2.